The molecule has 0 bridgehead atoms. The second kappa shape index (κ2) is 12.4. The van der Waals surface area contributed by atoms with E-state index in [0.29, 0.717) is 24.5 Å². The van der Waals surface area contributed by atoms with Crippen LogP contribution in [0.25, 0.3) is 0 Å². The number of carbonyl (C=O) groups is 3. The molecule has 3 amide bonds. The molecule has 9 heteroatoms. The molecule has 2 aliphatic rings. The average molecular weight is 528 g/mol. The van der Waals surface area contributed by atoms with E-state index in [9.17, 15) is 14.4 Å². The third-order valence-corrected chi connectivity index (χ3v) is 7.00. The molecule has 0 unspecified atom stereocenters. The van der Waals surface area contributed by atoms with Gasteiger partial charge in [-0.3, -0.25) is 19.3 Å². The first kappa shape index (κ1) is 26.2. The van der Waals surface area contributed by atoms with Crippen LogP contribution >= 0.6 is 0 Å². The molecule has 9 nitrogen and oxygen atoms in total. The first-order valence-corrected chi connectivity index (χ1v) is 13.3. The zero-order chi connectivity index (χ0) is 27.0. The van der Waals surface area contributed by atoms with Crippen LogP contribution in [-0.2, 0) is 14.4 Å². The SMILES string of the molecule is O=C(C[C@@H]1C(=O)NCCN1C(=O)CN1CCN(c2ccccc2)CC1)Nc1ccc(Oc2ccccc2)cc1. The maximum atomic E-state index is 13.2. The van der Waals surface area contributed by atoms with Crippen LogP contribution in [0.15, 0.2) is 84.9 Å². The lowest BCUT2D eigenvalue weighted by atomic mass is 10.1. The molecular weight excluding hydrogens is 494 g/mol. The summed E-state index contributed by atoms with van der Waals surface area (Å²) in [5.74, 6) is 0.610. The number of rotatable bonds is 8. The van der Waals surface area contributed by atoms with Gasteiger partial charge in [0.2, 0.25) is 17.7 Å². The van der Waals surface area contributed by atoms with Crippen LogP contribution in [0.3, 0.4) is 0 Å². The molecule has 39 heavy (non-hydrogen) atoms. The number of ether oxygens (including phenoxy) is 1. The van der Waals surface area contributed by atoms with E-state index < -0.39 is 6.04 Å². The zero-order valence-corrected chi connectivity index (χ0v) is 21.8. The van der Waals surface area contributed by atoms with Crippen LogP contribution in [0, 0.1) is 0 Å². The zero-order valence-electron chi connectivity index (χ0n) is 21.8. The highest BCUT2D eigenvalue weighted by Gasteiger charge is 2.35. The van der Waals surface area contributed by atoms with Crippen LogP contribution < -0.4 is 20.3 Å². The van der Waals surface area contributed by atoms with Crippen LogP contribution in [0.2, 0.25) is 0 Å². The van der Waals surface area contributed by atoms with Crippen LogP contribution in [0.5, 0.6) is 11.5 Å². The Balaban J connectivity index is 1.13. The molecule has 2 fully saturated rings. The second-order valence-electron chi connectivity index (χ2n) is 9.68. The Labute approximate surface area is 228 Å². The minimum Gasteiger partial charge on any atom is -0.457 e. The van der Waals surface area contributed by atoms with E-state index in [4.69, 9.17) is 4.74 Å². The summed E-state index contributed by atoms with van der Waals surface area (Å²) < 4.78 is 5.79. The van der Waals surface area contributed by atoms with Gasteiger partial charge in [0.15, 0.2) is 0 Å². The number of anilines is 2. The minimum absolute atomic E-state index is 0.109. The van der Waals surface area contributed by atoms with Crippen molar-refractivity contribution in [1.82, 2.24) is 15.1 Å². The van der Waals surface area contributed by atoms with E-state index in [1.54, 1.807) is 29.2 Å². The molecule has 202 valence electrons. The highest BCUT2D eigenvalue weighted by molar-refractivity contribution is 5.97. The van der Waals surface area contributed by atoms with Gasteiger partial charge in [0.1, 0.15) is 17.5 Å². The molecule has 0 aliphatic carbocycles. The second-order valence-corrected chi connectivity index (χ2v) is 9.68. The Hall–Kier alpha value is -4.37. The summed E-state index contributed by atoms with van der Waals surface area (Å²) in [5, 5.41) is 5.63. The number of nitrogens with zero attached hydrogens (tertiary/aromatic N) is 3. The standard InChI is InChI=1S/C30H33N5O4/c36-28(32-23-11-13-26(14-12-23)39-25-9-5-2-6-10-25)21-27-30(38)31-15-16-35(27)29(37)22-33-17-19-34(20-18-33)24-7-3-1-4-8-24/h1-14,27H,15-22H2,(H,31,38)(H,32,36)/t27-/m1/s1. The van der Waals surface area contributed by atoms with E-state index in [1.807, 2.05) is 48.5 Å². The molecule has 3 aromatic rings. The Morgan fingerprint density at radius 2 is 1.46 bits per heavy atom. The van der Waals surface area contributed by atoms with E-state index in [-0.39, 0.29) is 30.7 Å². The largest absolute Gasteiger partial charge is 0.457 e. The predicted octanol–water partition coefficient (Wildman–Crippen LogP) is 2.96. The molecule has 0 radical (unpaired) electrons. The lowest BCUT2D eigenvalue weighted by Gasteiger charge is -2.39. The fourth-order valence-electron chi connectivity index (χ4n) is 4.92. The summed E-state index contributed by atoms with van der Waals surface area (Å²) in [6.45, 7) is 4.19. The van der Waals surface area contributed by atoms with Crippen molar-refractivity contribution in [3.8, 4) is 11.5 Å². The summed E-state index contributed by atoms with van der Waals surface area (Å²) in [6, 6.07) is 25.9. The summed E-state index contributed by atoms with van der Waals surface area (Å²) >= 11 is 0. The molecule has 3 aromatic carbocycles. The normalized spacial score (nSPS) is 17.8. The molecule has 1 atom stereocenters. The fourth-order valence-corrected chi connectivity index (χ4v) is 4.92. The van der Waals surface area contributed by atoms with Crippen molar-refractivity contribution in [2.24, 2.45) is 0 Å². The molecule has 5 rings (SSSR count). The third-order valence-electron chi connectivity index (χ3n) is 7.00. The Bertz CT molecular complexity index is 1260. The molecule has 2 saturated heterocycles. The van der Waals surface area contributed by atoms with Gasteiger partial charge in [-0.1, -0.05) is 36.4 Å². The van der Waals surface area contributed by atoms with Gasteiger partial charge in [-0.25, -0.2) is 0 Å². The number of carbonyl (C=O) groups excluding carboxylic acids is 3. The topological polar surface area (TPSA) is 94.2 Å². The monoisotopic (exact) mass is 527 g/mol. The summed E-state index contributed by atoms with van der Waals surface area (Å²) in [7, 11) is 0. The Kier molecular flexibility index (Phi) is 8.38. The van der Waals surface area contributed by atoms with Gasteiger partial charge in [0, 0.05) is 50.6 Å². The Morgan fingerprint density at radius 3 is 2.15 bits per heavy atom. The molecule has 0 spiro atoms. The molecular formula is C30H33N5O4. The summed E-state index contributed by atoms with van der Waals surface area (Å²) in [5.41, 5.74) is 1.77. The number of hydrogen-bond donors (Lipinski definition) is 2. The lowest BCUT2D eigenvalue weighted by molar-refractivity contribution is -0.145. The average Bonchev–Trinajstić information content (AvgIpc) is 2.96. The van der Waals surface area contributed by atoms with Crippen molar-refractivity contribution in [1.29, 1.82) is 0 Å². The predicted molar refractivity (Wildman–Crippen MR) is 150 cm³/mol. The third kappa shape index (κ3) is 6.94. The maximum Gasteiger partial charge on any atom is 0.243 e. The van der Waals surface area contributed by atoms with Gasteiger partial charge in [0.05, 0.1) is 13.0 Å². The smallest absolute Gasteiger partial charge is 0.243 e. The molecule has 2 N–H and O–H groups in total. The molecule has 0 aromatic heterocycles. The van der Waals surface area contributed by atoms with E-state index >= 15 is 0 Å². The maximum absolute atomic E-state index is 13.2. The van der Waals surface area contributed by atoms with Gasteiger partial charge in [-0.15, -0.1) is 0 Å². The molecule has 0 saturated carbocycles. The van der Waals surface area contributed by atoms with Crippen LogP contribution in [0.1, 0.15) is 6.42 Å². The van der Waals surface area contributed by atoms with Crippen LogP contribution in [-0.4, -0.2) is 79.4 Å². The number of benzene rings is 3. The lowest BCUT2D eigenvalue weighted by Crippen LogP contribution is -2.60. The number of piperazine rings is 2. The number of para-hydroxylation sites is 2. The summed E-state index contributed by atoms with van der Waals surface area (Å²) in [4.78, 5) is 44.8. The van der Waals surface area contributed by atoms with Crippen molar-refractivity contribution in [3.63, 3.8) is 0 Å². The van der Waals surface area contributed by atoms with E-state index in [2.05, 4.69) is 32.6 Å². The van der Waals surface area contributed by atoms with Gasteiger partial charge in [-0.05, 0) is 48.5 Å². The minimum atomic E-state index is -0.836. The van der Waals surface area contributed by atoms with Crippen molar-refractivity contribution in [3.05, 3.63) is 84.9 Å². The van der Waals surface area contributed by atoms with E-state index in [0.717, 1.165) is 31.9 Å². The number of nitrogens with one attached hydrogen (secondary N) is 2. The highest BCUT2D eigenvalue weighted by atomic mass is 16.5. The highest BCUT2D eigenvalue weighted by Crippen LogP contribution is 2.23. The fraction of sp³-hybridized carbons (Fsp3) is 0.300. The number of amides is 3. The van der Waals surface area contributed by atoms with Gasteiger partial charge >= 0.3 is 0 Å². The van der Waals surface area contributed by atoms with Crippen molar-refractivity contribution in [2.45, 2.75) is 12.5 Å². The summed E-state index contributed by atoms with van der Waals surface area (Å²) in [6.07, 6.45) is -0.109. The molecule has 2 aliphatic heterocycles. The first-order valence-electron chi connectivity index (χ1n) is 13.3. The molecule has 2 heterocycles. The van der Waals surface area contributed by atoms with Crippen molar-refractivity contribution < 1.29 is 19.1 Å². The van der Waals surface area contributed by atoms with E-state index in [1.165, 1.54) is 5.69 Å². The first-order chi connectivity index (χ1) is 19.0. The van der Waals surface area contributed by atoms with Crippen molar-refractivity contribution >= 4 is 29.1 Å². The Morgan fingerprint density at radius 1 is 0.821 bits per heavy atom. The van der Waals surface area contributed by atoms with Gasteiger partial charge < -0.3 is 25.2 Å². The number of hydrogen-bond acceptors (Lipinski definition) is 6. The van der Waals surface area contributed by atoms with Crippen molar-refractivity contribution in [2.75, 3.05) is 56.0 Å². The van der Waals surface area contributed by atoms with Crippen LogP contribution in [0.4, 0.5) is 11.4 Å². The van der Waals surface area contributed by atoms with Gasteiger partial charge in [-0.2, -0.15) is 0 Å². The quantitative estimate of drug-likeness (QED) is 0.468. The van der Waals surface area contributed by atoms with Gasteiger partial charge in [0.25, 0.3) is 0 Å².